The molecule has 0 unspecified atom stereocenters. The van der Waals surface area contributed by atoms with Crippen LogP contribution in [0.4, 0.5) is 0 Å². The molecule has 0 aliphatic carbocycles. The van der Waals surface area contributed by atoms with Crippen LogP contribution in [0.3, 0.4) is 0 Å². The number of fused-ring (bicyclic) bond motifs is 6. The van der Waals surface area contributed by atoms with E-state index in [1.165, 1.54) is 43.2 Å². The van der Waals surface area contributed by atoms with Crippen molar-refractivity contribution in [1.29, 1.82) is 0 Å². The average molecular weight is 656 g/mol. The Labute approximate surface area is 293 Å². The first-order valence-electron chi connectivity index (χ1n) is 16.8. The first-order chi connectivity index (χ1) is 24.8. The van der Waals surface area contributed by atoms with Gasteiger partial charge >= 0.3 is 0 Å². The molecule has 3 nitrogen and oxygen atoms in total. The third kappa shape index (κ3) is 4.65. The third-order valence-corrected chi connectivity index (χ3v) is 10.8. The van der Waals surface area contributed by atoms with Crippen LogP contribution in [-0.2, 0) is 0 Å². The maximum absolute atomic E-state index is 5.24. The van der Waals surface area contributed by atoms with Crippen LogP contribution in [0.15, 0.2) is 176 Å². The van der Waals surface area contributed by atoms with Gasteiger partial charge < -0.3 is 4.57 Å². The van der Waals surface area contributed by atoms with Crippen LogP contribution in [-0.4, -0.2) is 14.5 Å². The molecule has 7 aromatic carbocycles. The zero-order valence-electron chi connectivity index (χ0n) is 27.0. The zero-order chi connectivity index (χ0) is 33.0. The van der Waals surface area contributed by atoms with Gasteiger partial charge in [-0.3, -0.25) is 0 Å². The van der Waals surface area contributed by atoms with Gasteiger partial charge in [0.1, 0.15) is 0 Å². The number of rotatable bonds is 5. The van der Waals surface area contributed by atoms with Crippen LogP contribution in [0, 0.1) is 0 Å². The molecule has 0 spiro atoms. The van der Waals surface area contributed by atoms with E-state index in [4.69, 9.17) is 9.97 Å². The second kappa shape index (κ2) is 11.7. The van der Waals surface area contributed by atoms with Crippen molar-refractivity contribution in [3.63, 3.8) is 0 Å². The van der Waals surface area contributed by atoms with Crippen molar-refractivity contribution in [3.8, 4) is 50.6 Å². The normalized spacial score (nSPS) is 11.6. The third-order valence-electron chi connectivity index (χ3n) is 9.59. The molecule has 0 saturated carbocycles. The highest BCUT2D eigenvalue weighted by Gasteiger charge is 2.20. The lowest BCUT2D eigenvalue weighted by Crippen LogP contribution is -1.96. The van der Waals surface area contributed by atoms with E-state index in [-0.39, 0.29) is 0 Å². The number of benzene rings is 7. The monoisotopic (exact) mass is 655 g/mol. The predicted molar refractivity (Wildman–Crippen MR) is 211 cm³/mol. The highest BCUT2D eigenvalue weighted by Crippen LogP contribution is 2.44. The van der Waals surface area contributed by atoms with E-state index < -0.39 is 0 Å². The summed E-state index contributed by atoms with van der Waals surface area (Å²) < 4.78 is 4.72. The average Bonchev–Trinajstić information content (AvgIpc) is 3.74. The van der Waals surface area contributed by atoms with E-state index in [9.17, 15) is 0 Å². The molecule has 10 rings (SSSR count). The van der Waals surface area contributed by atoms with Gasteiger partial charge in [0, 0.05) is 37.7 Å². The molecule has 0 amide bonds. The summed E-state index contributed by atoms with van der Waals surface area (Å²) in [7, 11) is 0. The zero-order valence-corrected chi connectivity index (χ0v) is 27.8. The van der Waals surface area contributed by atoms with Gasteiger partial charge in [-0.05, 0) is 52.6 Å². The summed E-state index contributed by atoms with van der Waals surface area (Å²) in [6, 6.07) is 62.6. The SMILES string of the molecule is c1ccc(-c2cc(-c3cccc4c3sc3c(-c5ccccc5)nc(-c5ccccc5)nc34)cc(-n3c4ccccc4c4ccccc43)c2)cc1. The van der Waals surface area contributed by atoms with Crippen molar-refractivity contribution in [3.05, 3.63) is 176 Å². The maximum Gasteiger partial charge on any atom is 0.160 e. The van der Waals surface area contributed by atoms with Crippen molar-refractivity contribution in [2.45, 2.75) is 0 Å². The Kier molecular flexibility index (Phi) is 6.68. The molecule has 0 aliphatic heterocycles. The number of aromatic nitrogens is 3. The summed E-state index contributed by atoms with van der Waals surface area (Å²) in [4.78, 5) is 10.4. The second-order valence-corrected chi connectivity index (χ2v) is 13.6. The Balaban J connectivity index is 1.26. The first kappa shape index (κ1) is 28.6. The van der Waals surface area contributed by atoms with E-state index in [2.05, 4.69) is 162 Å². The highest BCUT2D eigenvalue weighted by molar-refractivity contribution is 7.26. The quantitative estimate of drug-likeness (QED) is 0.185. The summed E-state index contributed by atoms with van der Waals surface area (Å²) >= 11 is 1.79. The van der Waals surface area contributed by atoms with Crippen molar-refractivity contribution in [1.82, 2.24) is 14.5 Å². The van der Waals surface area contributed by atoms with Gasteiger partial charge in [-0.25, -0.2) is 9.97 Å². The second-order valence-electron chi connectivity index (χ2n) is 12.6. The van der Waals surface area contributed by atoms with Gasteiger partial charge in [-0.15, -0.1) is 11.3 Å². The van der Waals surface area contributed by atoms with Crippen molar-refractivity contribution in [2.24, 2.45) is 0 Å². The fourth-order valence-corrected chi connectivity index (χ4v) is 8.58. The van der Waals surface area contributed by atoms with E-state index in [1.54, 1.807) is 11.3 Å². The lowest BCUT2D eigenvalue weighted by molar-refractivity contribution is 1.18. The Hall–Kier alpha value is -6.36. The molecule has 0 atom stereocenters. The molecule has 0 radical (unpaired) electrons. The van der Waals surface area contributed by atoms with Crippen LogP contribution in [0.2, 0.25) is 0 Å². The molecular formula is C46H29N3S. The number of hydrogen-bond acceptors (Lipinski definition) is 3. The number of thiophene rings is 1. The van der Waals surface area contributed by atoms with Gasteiger partial charge in [-0.2, -0.15) is 0 Å². The molecule has 0 saturated heterocycles. The molecular weight excluding hydrogens is 627 g/mol. The first-order valence-corrected chi connectivity index (χ1v) is 17.7. The molecule has 0 aliphatic rings. The topological polar surface area (TPSA) is 30.7 Å². The summed E-state index contributed by atoms with van der Waals surface area (Å²) in [5.74, 6) is 0.738. The van der Waals surface area contributed by atoms with Crippen LogP contribution in [0.1, 0.15) is 0 Å². The minimum absolute atomic E-state index is 0.738. The minimum Gasteiger partial charge on any atom is -0.309 e. The van der Waals surface area contributed by atoms with Gasteiger partial charge in [0.2, 0.25) is 0 Å². The van der Waals surface area contributed by atoms with E-state index in [0.717, 1.165) is 49.5 Å². The van der Waals surface area contributed by atoms with Crippen LogP contribution in [0.25, 0.3) is 92.7 Å². The lowest BCUT2D eigenvalue weighted by atomic mass is 9.97. The standard InChI is InChI=1S/C46H29N3S/c1-4-15-30(16-5-1)33-27-34(29-35(28-33)49-40-25-12-10-21-37(40)38-22-11-13-26-41(38)49)36-23-14-24-39-43-45(50-44(36)39)42(31-17-6-2-7-18-31)47-46(48-43)32-19-8-3-9-20-32/h1-29H. The Morgan fingerprint density at radius 2 is 0.960 bits per heavy atom. The minimum atomic E-state index is 0.738. The maximum atomic E-state index is 5.24. The van der Waals surface area contributed by atoms with Crippen molar-refractivity contribution >= 4 is 53.4 Å². The summed E-state index contributed by atoms with van der Waals surface area (Å²) in [6.07, 6.45) is 0. The van der Waals surface area contributed by atoms with E-state index in [1.807, 2.05) is 18.2 Å². The van der Waals surface area contributed by atoms with Crippen molar-refractivity contribution < 1.29 is 0 Å². The van der Waals surface area contributed by atoms with E-state index in [0.29, 0.717) is 0 Å². The lowest BCUT2D eigenvalue weighted by Gasteiger charge is -2.14. The fourth-order valence-electron chi connectivity index (χ4n) is 7.29. The molecule has 0 N–H and O–H groups in total. The largest absolute Gasteiger partial charge is 0.309 e. The number of nitrogens with zero attached hydrogens (tertiary/aromatic N) is 3. The molecule has 10 aromatic rings. The Bertz CT molecular complexity index is 2800. The smallest absolute Gasteiger partial charge is 0.160 e. The van der Waals surface area contributed by atoms with Crippen LogP contribution >= 0.6 is 11.3 Å². The predicted octanol–water partition coefficient (Wildman–Crippen LogP) is 12.6. The Morgan fingerprint density at radius 3 is 1.64 bits per heavy atom. The Morgan fingerprint density at radius 1 is 0.400 bits per heavy atom. The van der Waals surface area contributed by atoms with Crippen LogP contribution < -0.4 is 0 Å². The molecule has 234 valence electrons. The summed E-state index contributed by atoms with van der Waals surface area (Å²) in [5.41, 5.74) is 12.3. The summed E-state index contributed by atoms with van der Waals surface area (Å²) in [5, 5.41) is 3.65. The molecule has 0 bridgehead atoms. The number of para-hydroxylation sites is 2. The van der Waals surface area contributed by atoms with Crippen molar-refractivity contribution in [2.75, 3.05) is 0 Å². The van der Waals surface area contributed by atoms with Crippen LogP contribution in [0.5, 0.6) is 0 Å². The molecule has 3 aromatic heterocycles. The number of hydrogen-bond donors (Lipinski definition) is 0. The van der Waals surface area contributed by atoms with Gasteiger partial charge in [0.15, 0.2) is 5.82 Å². The summed E-state index contributed by atoms with van der Waals surface area (Å²) in [6.45, 7) is 0. The molecule has 50 heavy (non-hydrogen) atoms. The molecule has 3 heterocycles. The van der Waals surface area contributed by atoms with E-state index >= 15 is 0 Å². The van der Waals surface area contributed by atoms with Gasteiger partial charge in [0.05, 0.1) is 26.9 Å². The molecule has 0 fully saturated rings. The highest BCUT2D eigenvalue weighted by atomic mass is 32.1. The fraction of sp³-hybridized carbons (Fsp3) is 0. The molecule has 4 heteroatoms. The van der Waals surface area contributed by atoms with Gasteiger partial charge in [-0.1, -0.05) is 146 Å². The van der Waals surface area contributed by atoms with Gasteiger partial charge in [0.25, 0.3) is 0 Å².